The molecule has 6 heteroatoms. The van der Waals surface area contributed by atoms with Crippen molar-refractivity contribution in [2.75, 3.05) is 34.4 Å². The van der Waals surface area contributed by atoms with E-state index in [-0.39, 0.29) is 0 Å². The Bertz CT molecular complexity index is 1280. The average Bonchev–Trinajstić information content (AvgIpc) is 3.55. The van der Waals surface area contributed by atoms with Crippen molar-refractivity contribution in [2.45, 2.75) is 32.1 Å². The van der Waals surface area contributed by atoms with Gasteiger partial charge < -0.3 is 19.5 Å². The molecule has 6 nitrogen and oxygen atoms in total. The van der Waals surface area contributed by atoms with Crippen LogP contribution in [0, 0.1) is 0 Å². The summed E-state index contributed by atoms with van der Waals surface area (Å²) in [5, 5.41) is 4.38. The summed E-state index contributed by atoms with van der Waals surface area (Å²) in [7, 11) is 5.78. The fraction of sp³-hybridized carbons (Fsp3) is 0.333. The SMILES string of the molecule is CON=C1CC(c2nc(-c3ccc(OCCCN(C)C)cc3)[nH]c2-c2ccccc2)=CC2=C1CCC2. The minimum Gasteiger partial charge on any atom is -0.494 e. The molecule has 0 saturated carbocycles. The monoisotopic (exact) mass is 482 g/mol. The van der Waals surface area contributed by atoms with E-state index in [1.54, 1.807) is 7.11 Å². The molecule has 2 aromatic carbocycles. The van der Waals surface area contributed by atoms with Gasteiger partial charge in [-0.1, -0.05) is 41.6 Å². The molecule has 0 unspecified atom stereocenters. The lowest BCUT2D eigenvalue weighted by Gasteiger charge is -2.17. The summed E-state index contributed by atoms with van der Waals surface area (Å²) in [6.07, 6.45) is 7.36. The van der Waals surface area contributed by atoms with E-state index in [0.717, 1.165) is 78.4 Å². The number of benzene rings is 2. The zero-order valence-corrected chi connectivity index (χ0v) is 21.4. The summed E-state index contributed by atoms with van der Waals surface area (Å²) in [5.41, 5.74) is 9.06. The van der Waals surface area contributed by atoms with E-state index < -0.39 is 0 Å². The van der Waals surface area contributed by atoms with Crippen molar-refractivity contribution < 1.29 is 9.57 Å². The highest BCUT2D eigenvalue weighted by Gasteiger charge is 2.27. The number of oxime groups is 1. The maximum Gasteiger partial charge on any atom is 0.138 e. The smallest absolute Gasteiger partial charge is 0.138 e. The number of nitrogens with one attached hydrogen (secondary N) is 1. The van der Waals surface area contributed by atoms with Crippen LogP contribution in [0.2, 0.25) is 0 Å². The zero-order valence-electron chi connectivity index (χ0n) is 21.4. The van der Waals surface area contributed by atoms with Crippen molar-refractivity contribution in [3.8, 4) is 28.4 Å². The van der Waals surface area contributed by atoms with E-state index in [1.807, 2.05) is 18.2 Å². The van der Waals surface area contributed by atoms with Crippen LogP contribution in [-0.2, 0) is 4.84 Å². The van der Waals surface area contributed by atoms with Crippen molar-refractivity contribution in [1.82, 2.24) is 14.9 Å². The molecule has 186 valence electrons. The van der Waals surface area contributed by atoms with Crippen LogP contribution in [0.1, 0.15) is 37.8 Å². The highest BCUT2D eigenvalue weighted by Crippen LogP contribution is 2.40. The Morgan fingerprint density at radius 1 is 1.00 bits per heavy atom. The fourth-order valence-corrected chi connectivity index (χ4v) is 4.99. The summed E-state index contributed by atoms with van der Waals surface area (Å²) in [6.45, 7) is 1.72. The number of rotatable bonds is 9. The van der Waals surface area contributed by atoms with Crippen molar-refractivity contribution in [2.24, 2.45) is 5.16 Å². The molecule has 0 spiro atoms. The van der Waals surface area contributed by atoms with Gasteiger partial charge >= 0.3 is 0 Å². The number of hydrogen-bond donors (Lipinski definition) is 1. The van der Waals surface area contributed by atoms with Gasteiger partial charge in [-0.15, -0.1) is 0 Å². The number of nitrogens with zero attached hydrogens (tertiary/aromatic N) is 3. The van der Waals surface area contributed by atoms with Gasteiger partial charge in [0.25, 0.3) is 0 Å². The number of allylic oxidation sites excluding steroid dienone is 4. The van der Waals surface area contributed by atoms with Crippen LogP contribution in [0.5, 0.6) is 5.75 Å². The predicted molar refractivity (Wildman–Crippen MR) is 146 cm³/mol. The number of hydrogen-bond acceptors (Lipinski definition) is 5. The first-order valence-electron chi connectivity index (χ1n) is 12.7. The number of aromatic nitrogens is 2. The summed E-state index contributed by atoms with van der Waals surface area (Å²) < 4.78 is 5.92. The van der Waals surface area contributed by atoms with Gasteiger partial charge in [-0.3, -0.25) is 0 Å². The molecule has 2 aliphatic rings. The van der Waals surface area contributed by atoms with Crippen molar-refractivity contribution >= 4 is 11.3 Å². The quantitative estimate of drug-likeness (QED) is 0.285. The fourth-order valence-electron chi connectivity index (χ4n) is 4.99. The summed E-state index contributed by atoms with van der Waals surface area (Å²) in [5.74, 6) is 1.73. The van der Waals surface area contributed by atoms with Crippen LogP contribution in [-0.4, -0.2) is 54.9 Å². The normalized spacial score (nSPS) is 16.4. The molecule has 1 heterocycles. The molecule has 0 fully saturated rings. The predicted octanol–water partition coefficient (Wildman–Crippen LogP) is 6.34. The van der Waals surface area contributed by atoms with E-state index in [1.165, 1.54) is 16.7 Å². The molecular weight excluding hydrogens is 448 g/mol. The number of aromatic amines is 1. The topological polar surface area (TPSA) is 62.7 Å². The van der Waals surface area contributed by atoms with Crippen LogP contribution >= 0.6 is 0 Å². The molecular formula is C30H34N4O2. The lowest BCUT2D eigenvalue weighted by atomic mass is 9.89. The zero-order chi connectivity index (χ0) is 24.9. The van der Waals surface area contributed by atoms with Crippen LogP contribution in [0.15, 0.2) is 77.0 Å². The van der Waals surface area contributed by atoms with E-state index >= 15 is 0 Å². The molecule has 0 bridgehead atoms. The van der Waals surface area contributed by atoms with E-state index in [4.69, 9.17) is 14.6 Å². The molecule has 0 atom stereocenters. The van der Waals surface area contributed by atoms with Crippen LogP contribution < -0.4 is 4.74 Å². The van der Waals surface area contributed by atoms with Gasteiger partial charge in [0.2, 0.25) is 0 Å². The minimum atomic E-state index is 0.706. The molecule has 36 heavy (non-hydrogen) atoms. The standard InChI is InChI=1S/C30H34N4O2/c1-34(2)17-8-18-36-25-15-13-22(14-16-25)30-31-28(21-9-5-4-6-10-21)29(32-30)24-19-23-11-7-12-26(23)27(20-24)33-35-3/h4-6,9-10,13-16,19H,7-8,11-12,17-18,20H2,1-3H3,(H,31,32). The molecule has 0 saturated heterocycles. The third kappa shape index (κ3) is 5.29. The second-order valence-electron chi connectivity index (χ2n) is 9.63. The molecule has 1 N–H and O–H groups in total. The number of imidazole rings is 1. The Balaban J connectivity index is 1.46. The number of ether oxygens (including phenoxy) is 1. The second-order valence-corrected chi connectivity index (χ2v) is 9.63. The van der Waals surface area contributed by atoms with Crippen LogP contribution in [0.25, 0.3) is 28.2 Å². The third-order valence-electron chi connectivity index (χ3n) is 6.73. The summed E-state index contributed by atoms with van der Waals surface area (Å²) in [6, 6.07) is 18.6. The Morgan fingerprint density at radius 3 is 2.56 bits per heavy atom. The lowest BCUT2D eigenvalue weighted by molar-refractivity contribution is 0.213. The van der Waals surface area contributed by atoms with Crippen molar-refractivity contribution in [3.63, 3.8) is 0 Å². The van der Waals surface area contributed by atoms with Gasteiger partial charge in [0.1, 0.15) is 18.7 Å². The molecule has 2 aliphatic carbocycles. The highest BCUT2D eigenvalue weighted by atomic mass is 16.6. The van der Waals surface area contributed by atoms with E-state index in [9.17, 15) is 0 Å². The maximum atomic E-state index is 5.92. The van der Waals surface area contributed by atoms with E-state index in [0.29, 0.717) is 6.61 Å². The Kier molecular flexibility index (Phi) is 7.33. The van der Waals surface area contributed by atoms with E-state index in [2.05, 4.69) is 71.6 Å². The molecule has 0 radical (unpaired) electrons. The van der Waals surface area contributed by atoms with Gasteiger partial charge in [-0.2, -0.15) is 0 Å². The van der Waals surface area contributed by atoms with Gasteiger partial charge in [0.15, 0.2) is 0 Å². The van der Waals surface area contributed by atoms with Crippen molar-refractivity contribution in [1.29, 1.82) is 0 Å². The van der Waals surface area contributed by atoms with Crippen LogP contribution in [0.3, 0.4) is 0 Å². The van der Waals surface area contributed by atoms with Gasteiger partial charge in [0.05, 0.1) is 23.7 Å². The molecule has 3 aromatic rings. The van der Waals surface area contributed by atoms with Gasteiger partial charge in [-0.05, 0) is 80.8 Å². The maximum absolute atomic E-state index is 5.92. The second kappa shape index (κ2) is 11.0. The summed E-state index contributed by atoms with van der Waals surface area (Å²) in [4.78, 5) is 16.1. The minimum absolute atomic E-state index is 0.706. The first-order chi connectivity index (χ1) is 17.6. The third-order valence-corrected chi connectivity index (χ3v) is 6.73. The molecule has 1 aromatic heterocycles. The van der Waals surface area contributed by atoms with Crippen molar-refractivity contribution in [3.05, 3.63) is 77.5 Å². The first kappa shape index (κ1) is 24.1. The largest absolute Gasteiger partial charge is 0.494 e. The first-order valence-corrected chi connectivity index (χ1v) is 12.7. The molecule has 0 amide bonds. The Labute approximate surface area is 213 Å². The number of H-pyrrole nitrogens is 1. The van der Waals surface area contributed by atoms with Gasteiger partial charge in [-0.25, -0.2) is 4.98 Å². The Hall–Kier alpha value is -3.64. The van der Waals surface area contributed by atoms with Gasteiger partial charge in [0, 0.05) is 24.1 Å². The average molecular weight is 483 g/mol. The van der Waals surface area contributed by atoms with Crippen LogP contribution in [0.4, 0.5) is 0 Å². The molecule has 0 aliphatic heterocycles. The summed E-state index contributed by atoms with van der Waals surface area (Å²) >= 11 is 0. The molecule has 5 rings (SSSR count). The highest BCUT2D eigenvalue weighted by molar-refractivity contribution is 6.09. The lowest BCUT2D eigenvalue weighted by Crippen LogP contribution is -2.15. The Morgan fingerprint density at radius 2 is 1.81 bits per heavy atom.